The summed E-state index contributed by atoms with van der Waals surface area (Å²) < 4.78 is 5.56. The van der Waals surface area contributed by atoms with E-state index in [2.05, 4.69) is 16.9 Å². The summed E-state index contributed by atoms with van der Waals surface area (Å²) in [5, 5.41) is 5.21. The first-order valence-electron chi connectivity index (χ1n) is 8.34. The van der Waals surface area contributed by atoms with Crippen LogP contribution in [-0.2, 0) is 4.74 Å². The number of carbonyl (C=O) groups excluding carboxylic acids is 2. The van der Waals surface area contributed by atoms with Gasteiger partial charge in [0.15, 0.2) is 16.9 Å². The molecule has 3 aromatic rings. The van der Waals surface area contributed by atoms with Crippen molar-refractivity contribution in [3.8, 4) is 0 Å². The summed E-state index contributed by atoms with van der Waals surface area (Å²) in [5.74, 6) is -0.925. The van der Waals surface area contributed by atoms with Crippen LogP contribution in [0.5, 0.6) is 0 Å². The van der Waals surface area contributed by atoms with Gasteiger partial charge in [-0.1, -0.05) is 66.7 Å². The van der Waals surface area contributed by atoms with Crippen LogP contribution in [0, 0.1) is 0 Å². The topological polar surface area (TPSA) is 68.3 Å². The van der Waals surface area contributed by atoms with Crippen LogP contribution in [-0.4, -0.2) is 23.3 Å². The molecular weight excluding hydrogens is 360 g/mol. The Balaban J connectivity index is 1.83. The summed E-state index contributed by atoms with van der Waals surface area (Å²) in [6, 6.07) is 17.7. The summed E-state index contributed by atoms with van der Waals surface area (Å²) in [5.41, 5.74) is 1.25. The van der Waals surface area contributed by atoms with Crippen molar-refractivity contribution >= 4 is 28.2 Å². The van der Waals surface area contributed by atoms with Crippen LogP contribution >= 0.6 is 11.3 Å². The summed E-state index contributed by atoms with van der Waals surface area (Å²) in [4.78, 5) is 29.7. The van der Waals surface area contributed by atoms with E-state index in [1.165, 1.54) is 11.3 Å². The molecular formula is C21H18N2O3S. The average Bonchev–Trinajstić information content (AvgIpc) is 3.20. The molecule has 0 saturated carbocycles. The molecule has 0 amide bonds. The Kier molecular flexibility index (Phi) is 6.12. The Morgan fingerprint density at radius 3 is 2.44 bits per heavy atom. The smallest absolute Gasteiger partial charge is 0.358 e. The minimum atomic E-state index is -1.03. The number of benzene rings is 2. The van der Waals surface area contributed by atoms with Gasteiger partial charge in [-0.25, -0.2) is 9.78 Å². The first kappa shape index (κ1) is 18.5. The first-order chi connectivity index (χ1) is 13.2. The van der Waals surface area contributed by atoms with E-state index in [-0.39, 0.29) is 11.5 Å². The molecule has 2 aromatic carbocycles. The molecule has 0 aliphatic rings. The summed E-state index contributed by atoms with van der Waals surface area (Å²) in [6.07, 6.45) is 0.663. The van der Waals surface area contributed by atoms with Crippen molar-refractivity contribution in [2.24, 2.45) is 0 Å². The Labute approximate surface area is 161 Å². The van der Waals surface area contributed by atoms with Crippen molar-refractivity contribution in [2.45, 2.75) is 6.10 Å². The second-order valence-corrected chi connectivity index (χ2v) is 6.49. The minimum absolute atomic E-state index is 0.161. The van der Waals surface area contributed by atoms with E-state index in [4.69, 9.17) is 4.74 Å². The summed E-state index contributed by atoms with van der Waals surface area (Å²) in [6.45, 7) is 4.17. The molecule has 0 spiro atoms. The number of anilines is 1. The number of nitrogens with one attached hydrogen (secondary N) is 1. The maximum absolute atomic E-state index is 12.9. The van der Waals surface area contributed by atoms with Crippen LogP contribution in [0.4, 0.5) is 5.13 Å². The van der Waals surface area contributed by atoms with Crippen molar-refractivity contribution in [1.29, 1.82) is 0 Å². The van der Waals surface area contributed by atoms with E-state index < -0.39 is 12.1 Å². The third-order valence-electron chi connectivity index (χ3n) is 3.73. The van der Waals surface area contributed by atoms with Gasteiger partial charge in [-0.15, -0.1) is 17.9 Å². The summed E-state index contributed by atoms with van der Waals surface area (Å²) in [7, 11) is 0. The van der Waals surface area contributed by atoms with E-state index in [0.29, 0.717) is 22.8 Å². The van der Waals surface area contributed by atoms with Crippen LogP contribution in [0.25, 0.3) is 0 Å². The van der Waals surface area contributed by atoms with Crippen LogP contribution in [0.2, 0.25) is 0 Å². The second kappa shape index (κ2) is 8.91. The molecule has 0 radical (unpaired) electrons. The number of esters is 1. The number of thiazole rings is 1. The van der Waals surface area contributed by atoms with E-state index in [9.17, 15) is 9.59 Å². The zero-order valence-electron chi connectivity index (χ0n) is 14.5. The van der Waals surface area contributed by atoms with Crippen molar-refractivity contribution in [3.05, 3.63) is 95.5 Å². The Morgan fingerprint density at radius 1 is 1.11 bits per heavy atom. The lowest BCUT2D eigenvalue weighted by atomic mass is 10.00. The van der Waals surface area contributed by atoms with E-state index in [1.807, 2.05) is 12.1 Å². The molecule has 0 aliphatic carbocycles. The highest BCUT2D eigenvalue weighted by Gasteiger charge is 2.27. The lowest BCUT2D eigenvalue weighted by Crippen LogP contribution is -2.20. The lowest BCUT2D eigenvalue weighted by Gasteiger charge is -2.17. The van der Waals surface area contributed by atoms with Gasteiger partial charge in [-0.2, -0.15) is 0 Å². The SMILES string of the molecule is C=CCNc1nc(C(=O)O[C@H](C(=O)c2ccccc2)c2ccccc2)cs1. The first-order valence-corrected chi connectivity index (χ1v) is 9.22. The molecule has 0 saturated heterocycles. The molecule has 0 bridgehead atoms. The highest BCUT2D eigenvalue weighted by molar-refractivity contribution is 7.13. The van der Waals surface area contributed by atoms with Crippen molar-refractivity contribution in [3.63, 3.8) is 0 Å². The third kappa shape index (κ3) is 4.68. The zero-order valence-corrected chi connectivity index (χ0v) is 15.3. The predicted molar refractivity (Wildman–Crippen MR) is 106 cm³/mol. The Bertz CT molecular complexity index is 923. The zero-order chi connectivity index (χ0) is 19.1. The van der Waals surface area contributed by atoms with Crippen molar-refractivity contribution in [2.75, 3.05) is 11.9 Å². The molecule has 1 atom stereocenters. The third-order valence-corrected chi connectivity index (χ3v) is 4.53. The van der Waals surface area contributed by atoms with Crippen molar-refractivity contribution < 1.29 is 14.3 Å². The maximum atomic E-state index is 12.9. The molecule has 3 rings (SSSR count). The lowest BCUT2D eigenvalue weighted by molar-refractivity contribution is 0.0275. The van der Waals surface area contributed by atoms with Crippen LogP contribution in [0.3, 0.4) is 0 Å². The van der Waals surface area contributed by atoms with Crippen molar-refractivity contribution in [1.82, 2.24) is 4.98 Å². The van der Waals surface area contributed by atoms with Gasteiger partial charge in [0.1, 0.15) is 0 Å². The number of hydrogen-bond donors (Lipinski definition) is 1. The fraction of sp³-hybridized carbons (Fsp3) is 0.0952. The second-order valence-electron chi connectivity index (χ2n) is 5.63. The number of ketones is 1. The molecule has 27 heavy (non-hydrogen) atoms. The van der Waals surface area contributed by atoms with Crippen LogP contribution in [0.15, 0.2) is 78.7 Å². The van der Waals surface area contributed by atoms with Gasteiger partial charge in [0.2, 0.25) is 5.78 Å². The van der Waals surface area contributed by atoms with Gasteiger partial charge in [0.05, 0.1) is 0 Å². The summed E-state index contributed by atoms with van der Waals surface area (Å²) >= 11 is 1.29. The normalized spacial score (nSPS) is 11.4. The van der Waals surface area contributed by atoms with Gasteiger partial charge in [-0.05, 0) is 0 Å². The van der Waals surface area contributed by atoms with Gasteiger partial charge >= 0.3 is 5.97 Å². The molecule has 0 aliphatic heterocycles. The molecule has 1 aromatic heterocycles. The van der Waals surface area contributed by atoms with Crippen LogP contribution in [0.1, 0.15) is 32.5 Å². The number of ether oxygens (including phenoxy) is 1. The minimum Gasteiger partial charge on any atom is -0.444 e. The number of Topliss-reactive ketones (excluding diaryl/α,β-unsaturated/α-hetero) is 1. The van der Waals surface area contributed by atoms with Gasteiger partial charge in [-0.3, -0.25) is 4.79 Å². The van der Waals surface area contributed by atoms with E-state index in [0.717, 1.165) is 0 Å². The highest BCUT2D eigenvalue weighted by atomic mass is 32.1. The molecule has 136 valence electrons. The number of nitrogens with zero attached hydrogens (tertiary/aromatic N) is 1. The molecule has 0 unspecified atom stereocenters. The van der Waals surface area contributed by atoms with Gasteiger partial charge in [0.25, 0.3) is 0 Å². The predicted octanol–water partition coefficient (Wildman–Crippen LogP) is 4.52. The molecule has 6 heteroatoms. The van der Waals surface area contributed by atoms with Gasteiger partial charge in [0, 0.05) is 23.1 Å². The van der Waals surface area contributed by atoms with Gasteiger partial charge < -0.3 is 10.1 Å². The van der Waals surface area contributed by atoms with E-state index in [1.54, 1.807) is 60.0 Å². The largest absolute Gasteiger partial charge is 0.444 e. The fourth-order valence-electron chi connectivity index (χ4n) is 2.43. The number of carbonyl (C=O) groups is 2. The highest BCUT2D eigenvalue weighted by Crippen LogP contribution is 2.25. The quantitative estimate of drug-likeness (QED) is 0.354. The number of hydrogen-bond acceptors (Lipinski definition) is 6. The average molecular weight is 378 g/mol. The molecule has 5 nitrogen and oxygen atoms in total. The fourth-order valence-corrected chi connectivity index (χ4v) is 3.12. The molecule has 0 fully saturated rings. The Hall–Kier alpha value is -3.25. The number of rotatable bonds is 8. The monoisotopic (exact) mass is 378 g/mol. The van der Waals surface area contributed by atoms with E-state index >= 15 is 0 Å². The standard InChI is InChI=1S/C21H18N2O3S/c1-2-13-22-21-23-17(14-27-21)20(25)26-19(16-11-7-4-8-12-16)18(24)15-9-5-3-6-10-15/h2-12,14,19H,1,13H2,(H,22,23)/t19-/m0/s1. The molecule has 1 heterocycles. The number of aromatic nitrogens is 1. The molecule has 1 N–H and O–H groups in total. The maximum Gasteiger partial charge on any atom is 0.358 e. The van der Waals surface area contributed by atoms with Crippen LogP contribution < -0.4 is 5.32 Å². The Morgan fingerprint density at radius 2 is 1.78 bits per heavy atom.